The van der Waals surface area contributed by atoms with E-state index in [2.05, 4.69) is 48.5 Å². The average Bonchev–Trinajstić information content (AvgIpc) is 2.41. The lowest BCUT2D eigenvalue weighted by Gasteiger charge is -2.51. The minimum atomic E-state index is 0.411. The molecule has 0 nitrogen and oxygen atoms in total. The van der Waals surface area contributed by atoms with Gasteiger partial charge in [-0.2, -0.15) is 0 Å². The standard InChI is InChI=1S/C21H34/c1-12-8-9-13(2)18-16(5)20-19(15(4)17(12)18)14(3)10-11-21(20,6)7/h12-16H,8-11H2,1-7H3. The van der Waals surface area contributed by atoms with Crippen LogP contribution in [-0.4, -0.2) is 0 Å². The zero-order valence-electron chi connectivity index (χ0n) is 15.2. The molecule has 0 heteroatoms. The fraction of sp³-hybridized carbons (Fsp3) is 0.810. The molecule has 0 spiro atoms. The first-order valence-corrected chi connectivity index (χ1v) is 9.24. The fourth-order valence-electron chi connectivity index (χ4n) is 6.08. The van der Waals surface area contributed by atoms with E-state index < -0.39 is 0 Å². The summed E-state index contributed by atoms with van der Waals surface area (Å²) in [5, 5.41) is 0. The highest BCUT2D eigenvalue weighted by atomic mass is 14.5. The van der Waals surface area contributed by atoms with Crippen molar-refractivity contribution in [2.45, 2.75) is 74.1 Å². The van der Waals surface area contributed by atoms with Crippen LogP contribution in [0.15, 0.2) is 22.3 Å². The van der Waals surface area contributed by atoms with E-state index in [4.69, 9.17) is 0 Å². The predicted molar refractivity (Wildman–Crippen MR) is 92.1 cm³/mol. The highest BCUT2D eigenvalue weighted by Crippen LogP contribution is 2.58. The molecule has 0 N–H and O–H groups in total. The van der Waals surface area contributed by atoms with E-state index in [1.807, 2.05) is 22.3 Å². The van der Waals surface area contributed by atoms with Crippen LogP contribution in [0.3, 0.4) is 0 Å². The van der Waals surface area contributed by atoms with Crippen molar-refractivity contribution in [3.8, 4) is 0 Å². The van der Waals surface area contributed by atoms with Gasteiger partial charge in [-0.15, -0.1) is 0 Å². The van der Waals surface area contributed by atoms with Gasteiger partial charge in [-0.25, -0.2) is 0 Å². The van der Waals surface area contributed by atoms with E-state index in [-0.39, 0.29) is 0 Å². The molecule has 0 saturated carbocycles. The molecular formula is C21H34. The third kappa shape index (κ3) is 2.16. The number of hydrogen-bond acceptors (Lipinski definition) is 0. The summed E-state index contributed by atoms with van der Waals surface area (Å²) >= 11 is 0. The predicted octanol–water partition coefficient (Wildman–Crippen LogP) is 6.39. The molecule has 0 bridgehead atoms. The van der Waals surface area contributed by atoms with Gasteiger partial charge in [-0.05, 0) is 60.7 Å². The topological polar surface area (TPSA) is 0 Å². The zero-order chi connectivity index (χ0) is 15.5. The summed E-state index contributed by atoms with van der Waals surface area (Å²) in [6.45, 7) is 17.5. The average molecular weight is 287 g/mol. The van der Waals surface area contributed by atoms with Crippen LogP contribution < -0.4 is 0 Å². The summed E-state index contributed by atoms with van der Waals surface area (Å²) in [7, 11) is 0. The van der Waals surface area contributed by atoms with Crippen LogP contribution in [0.1, 0.15) is 74.1 Å². The normalized spacial score (nSPS) is 42.7. The molecule has 3 aliphatic rings. The molecule has 0 aliphatic heterocycles. The Labute approximate surface area is 132 Å². The Morgan fingerprint density at radius 2 is 1.14 bits per heavy atom. The summed E-state index contributed by atoms with van der Waals surface area (Å²) in [5.41, 5.74) is 7.74. The van der Waals surface area contributed by atoms with Crippen molar-refractivity contribution in [2.75, 3.05) is 0 Å². The van der Waals surface area contributed by atoms with Gasteiger partial charge in [0.05, 0.1) is 0 Å². The lowest BCUT2D eigenvalue weighted by molar-refractivity contribution is 0.265. The summed E-state index contributed by atoms with van der Waals surface area (Å²) in [4.78, 5) is 0. The minimum absolute atomic E-state index is 0.411. The van der Waals surface area contributed by atoms with Crippen molar-refractivity contribution in [2.24, 2.45) is 35.0 Å². The molecule has 3 aliphatic carbocycles. The molecule has 5 unspecified atom stereocenters. The van der Waals surface area contributed by atoms with Crippen LogP contribution in [-0.2, 0) is 0 Å². The Morgan fingerprint density at radius 1 is 0.667 bits per heavy atom. The monoisotopic (exact) mass is 286 g/mol. The first kappa shape index (κ1) is 15.4. The molecular weight excluding hydrogens is 252 g/mol. The lowest BCUT2D eigenvalue weighted by atomic mass is 9.54. The Kier molecular flexibility index (Phi) is 3.66. The molecule has 3 rings (SSSR count). The van der Waals surface area contributed by atoms with Gasteiger partial charge in [0, 0.05) is 0 Å². The second-order valence-electron chi connectivity index (χ2n) is 8.93. The molecule has 0 saturated heterocycles. The molecule has 0 aromatic carbocycles. The van der Waals surface area contributed by atoms with E-state index in [1.165, 1.54) is 25.7 Å². The van der Waals surface area contributed by atoms with Crippen LogP contribution >= 0.6 is 0 Å². The first-order chi connectivity index (χ1) is 9.75. The lowest BCUT2D eigenvalue weighted by Crippen LogP contribution is -2.39. The van der Waals surface area contributed by atoms with Crippen molar-refractivity contribution in [3.63, 3.8) is 0 Å². The minimum Gasteiger partial charge on any atom is -0.0604 e. The smallest absolute Gasteiger partial charge is 0.000741 e. The van der Waals surface area contributed by atoms with Gasteiger partial charge in [0.25, 0.3) is 0 Å². The molecule has 0 fully saturated rings. The van der Waals surface area contributed by atoms with Crippen molar-refractivity contribution in [1.82, 2.24) is 0 Å². The highest BCUT2D eigenvalue weighted by molar-refractivity contribution is 5.46. The van der Waals surface area contributed by atoms with Gasteiger partial charge in [-0.3, -0.25) is 0 Å². The van der Waals surface area contributed by atoms with E-state index >= 15 is 0 Å². The maximum atomic E-state index is 2.52. The third-order valence-corrected chi connectivity index (χ3v) is 7.03. The first-order valence-electron chi connectivity index (χ1n) is 9.24. The van der Waals surface area contributed by atoms with Crippen LogP contribution in [0.25, 0.3) is 0 Å². The third-order valence-electron chi connectivity index (χ3n) is 7.03. The molecule has 0 aromatic rings. The van der Waals surface area contributed by atoms with E-state index in [9.17, 15) is 0 Å². The Balaban J connectivity index is 2.17. The van der Waals surface area contributed by atoms with Gasteiger partial charge >= 0.3 is 0 Å². The Hall–Kier alpha value is -0.520. The van der Waals surface area contributed by atoms with Crippen LogP contribution in [0.5, 0.6) is 0 Å². The Bertz CT molecular complexity index is 502. The van der Waals surface area contributed by atoms with E-state index in [0.717, 1.165) is 17.8 Å². The molecule has 0 aromatic heterocycles. The molecule has 118 valence electrons. The summed E-state index contributed by atoms with van der Waals surface area (Å²) < 4.78 is 0. The molecule has 0 amide bonds. The van der Waals surface area contributed by atoms with Gasteiger partial charge in [0.1, 0.15) is 0 Å². The molecule has 0 radical (unpaired) electrons. The van der Waals surface area contributed by atoms with Crippen LogP contribution in [0.4, 0.5) is 0 Å². The van der Waals surface area contributed by atoms with Gasteiger partial charge < -0.3 is 0 Å². The molecule has 5 atom stereocenters. The zero-order valence-corrected chi connectivity index (χ0v) is 15.2. The van der Waals surface area contributed by atoms with Crippen LogP contribution in [0, 0.1) is 35.0 Å². The summed E-state index contributed by atoms with van der Waals surface area (Å²) in [5.74, 6) is 3.81. The fourth-order valence-corrected chi connectivity index (χ4v) is 6.08. The van der Waals surface area contributed by atoms with Crippen molar-refractivity contribution < 1.29 is 0 Å². The quantitative estimate of drug-likeness (QED) is 0.453. The maximum Gasteiger partial charge on any atom is -0.000741 e. The largest absolute Gasteiger partial charge is 0.0604 e. The van der Waals surface area contributed by atoms with Gasteiger partial charge in [0.2, 0.25) is 0 Å². The van der Waals surface area contributed by atoms with Crippen molar-refractivity contribution in [3.05, 3.63) is 22.3 Å². The van der Waals surface area contributed by atoms with E-state index in [1.54, 1.807) is 0 Å². The van der Waals surface area contributed by atoms with Gasteiger partial charge in [0.15, 0.2) is 0 Å². The maximum absolute atomic E-state index is 2.52. The molecule has 21 heavy (non-hydrogen) atoms. The Morgan fingerprint density at radius 3 is 1.71 bits per heavy atom. The number of hydrogen-bond donors (Lipinski definition) is 0. The molecule has 0 heterocycles. The van der Waals surface area contributed by atoms with Crippen LogP contribution in [0.2, 0.25) is 0 Å². The van der Waals surface area contributed by atoms with Crippen molar-refractivity contribution >= 4 is 0 Å². The van der Waals surface area contributed by atoms with E-state index in [0.29, 0.717) is 17.3 Å². The number of allylic oxidation sites excluding steroid dienone is 4. The highest BCUT2D eigenvalue weighted by Gasteiger charge is 2.45. The second-order valence-corrected chi connectivity index (χ2v) is 8.93. The number of rotatable bonds is 0. The summed E-state index contributed by atoms with van der Waals surface area (Å²) in [6, 6.07) is 0. The van der Waals surface area contributed by atoms with Crippen molar-refractivity contribution in [1.29, 1.82) is 0 Å². The second kappa shape index (κ2) is 5.00. The SMILES string of the molecule is CC1CCC(C)C2=C1C(C)C1=C(C2C)C(C)(C)CCC1C. The summed E-state index contributed by atoms with van der Waals surface area (Å²) in [6.07, 6.45) is 5.55. The van der Waals surface area contributed by atoms with Gasteiger partial charge in [-0.1, -0.05) is 70.8 Å².